The number of hydrogen-bond acceptors (Lipinski definition) is 2. The second kappa shape index (κ2) is 10.2. The minimum Gasteiger partial charge on any atom is -0.352 e. The van der Waals surface area contributed by atoms with Gasteiger partial charge in [-0.15, -0.1) is 0 Å². The van der Waals surface area contributed by atoms with Crippen molar-refractivity contribution in [3.8, 4) is 0 Å². The Labute approximate surface area is 153 Å². The van der Waals surface area contributed by atoms with Crippen molar-refractivity contribution in [2.45, 2.75) is 19.9 Å². The van der Waals surface area contributed by atoms with E-state index in [2.05, 4.69) is 10.6 Å². The Kier molecular flexibility index (Phi) is 7.61. The molecule has 5 nitrogen and oxygen atoms in total. The molecule has 2 N–H and O–H groups in total. The minimum absolute atomic E-state index is 0.0246. The number of halogens is 1. The van der Waals surface area contributed by atoms with E-state index in [0.29, 0.717) is 32.6 Å². The number of rotatable bonds is 8. The first kappa shape index (κ1) is 19.4. The predicted octanol–water partition coefficient (Wildman–Crippen LogP) is 3.18. The van der Waals surface area contributed by atoms with Gasteiger partial charge in [-0.3, -0.25) is 4.79 Å². The number of hydrogen-bond donors (Lipinski definition) is 2. The van der Waals surface area contributed by atoms with E-state index in [-0.39, 0.29) is 11.6 Å². The zero-order valence-corrected chi connectivity index (χ0v) is 14.9. The fourth-order valence-electron chi connectivity index (χ4n) is 2.47. The monoisotopic (exact) mass is 357 g/mol. The number of carbonyl (C=O) groups excluding carboxylic acids is 2. The zero-order valence-electron chi connectivity index (χ0n) is 14.9. The van der Waals surface area contributed by atoms with E-state index in [4.69, 9.17) is 0 Å². The van der Waals surface area contributed by atoms with Crippen molar-refractivity contribution in [3.63, 3.8) is 0 Å². The Morgan fingerprint density at radius 1 is 0.962 bits per heavy atom. The topological polar surface area (TPSA) is 61.4 Å². The van der Waals surface area contributed by atoms with Gasteiger partial charge in [-0.1, -0.05) is 42.5 Å². The number of nitrogens with zero attached hydrogens (tertiary/aromatic N) is 1. The highest BCUT2D eigenvalue weighted by Gasteiger charge is 2.12. The van der Waals surface area contributed by atoms with Crippen LogP contribution in [0.15, 0.2) is 54.6 Å². The van der Waals surface area contributed by atoms with E-state index in [0.717, 1.165) is 5.56 Å². The summed E-state index contributed by atoms with van der Waals surface area (Å²) in [6.45, 7) is 3.87. The van der Waals surface area contributed by atoms with Gasteiger partial charge in [-0.2, -0.15) is 0 Å². The van der Waals surface area contributed by atoms with E-state index in [1.807, 2.05) is 37.3 Å². The SMILES string of the molecule is CCN(Cc1ccccc1)C(=O)NCCCNC(=O)c1ccccc1F. The summed E-state index contributed by atoms with van der Waals surface area (Å²) in [5, 5.41) is 5.49. The Morgan fingerprint density at radius 3 is 2.31 bits per heavy atom. The molecular formula is C20H24FN3O2. The van der Waals surface area contributed by atoms with Crippen LogP contribution in [0.1, 0.15) is 29.3 Å². The molecule has 26 heavy (non-hydrogen) atoms. The van der Waals surface area contributed by atoms with Gasteiger partial charge in [0.15, 0.2) is 0 Å². The van der Waals surface area contributed by atoms with Gasteiger partial charge in [-0.25, -0.2) is 9.18 Å². The van der Waals surface area contributed by atoms with E-state index in [9.17, 15) is 14.0 Å². The normalized spacial score (nSPS) is 10.2. The summed E-state index contributed by atoms with van der Waals surface area (Å²) in [6.07, 6.45) is 0.564. The third-order valence-corrected chi connectivity index (χ3v) is 3.92. The van der Waals surface area contributed by atoms with Crippen molar-refractivity contribution in [2.24, 2.45) is 0 Å². The fourth-order valence-corrected chi connectivity index (χ4v) is 2.47. The number of benzene rings is 2. The molecular weight excluding hydrogens is 333 g/mol. The maximum Gasteiger partial charge on any atom is 0.317 e. The molecule has 0 unspecified atom stereocenters. The number of amides is 3. The average molecular weight is 357 g/mol. The molecule has 0 heterocycles. The summed E-state index contributed by atoms with van der Waals surface area (Å²) in [6, 6.07) is 15.5. The standard InChI is InChI=1S/C20H24FN3O2/c1-2-24(15-16-9-4-3-5-10-16)20(26)23-14-8-13-22-19(25)17-11-6-7-12-18(17)21/h3-7,9-12H,2,8,13-15H2,1H3,(H,22,25)(H,23,26). The molecule has 0 fully saturated rings. The van der Waals surface area contributed by atoms with Gasteiger partial charge in [0.05, 0.1) is 5.56 Å². The quantitative estimate of drug-likeness (QED) is 0.713. The molecule has 2 aromatic rings. The van der Waals surface area contributed by atoms with Crippen molar-refractivity contribution in [2.75, 3.05) is 19.6 Å². The molecule has 0 saturated heterocycles. The van der Waals surface area contributed by atoms with Crippen molar-refractivity contribution in [1.29, 1.82) is 0 Å². The van der Waals surface area contributed by atoms with Gasteiger partial charge in [-0.05, 0) is 31.0 Å². The highest BCUT2D eigenvalue weighted by molar-refractivity contribution is 5.94. The van der Waals surface area contributed by atoms with Gasteiger partial charge in [0.2, 0.25) is 0 Å². The molecule has 138 valence electrons. The molecule has 0 spiro atoms. The van der Waals surface area contributed by atoms with Gasteiger partial charge < -0.3 is 15.5 Å². The fraction of sp³-hybridized carbons (Fsp3) is 0.300. The van der Waals surface area contributed by atoms with Crippen LogP contribution in [0.5, 0.6) is 0 Å². The van der Waals surface area contributed by atoms with Crippen LogP contribution in [0.2, 0.25) is 0 Å². The summed E-state index contributed by atoms with van der Waals surface area (Å²) in [7, 11) is 0. The van der Waals surface area contributed by atoms with Crippen LogP contribution in [-0.4, -0.2) is 36.5 Å². The molecule has 2 rings (SSSR count). The number of urea groups is 1. The largest absolute Gasteiger partial charge is 0.352 e. The lowest BCUT2D eigenvalue weighted by molar-refractivity contribution is 0.0949. The highest BCUT2D eigenvalue weighted by atomic mass is 19.1. The van der Waals surface area contributed by atoms with Crippen LogP contribution in [0, 0.1) is 5.82 Å². The van der Waals surface area contributed by atoms with Crippen LogP contribution >= 0.6 is 0 Å². The lowest BCUT2D eigenvalue weighted by atomic mass is 10.2. The Hall–Kier alpha value is -2.89. The van der Waals surface area contributed by atoms with E-state index in [1.165, 1.54) is 18.2 Å². The van der Waals surface area contributed by atoms with Crippen LogP contribution in [-0.2, 0) is 6.54 Å². The van der Waals surface area contributed by atoms with Crippen molar-refractivity contribution >= 4 is 11.9 Å². The lowest BCUT2D eigenvalue weighted by Gasteiger charge is -2.21. The van der Waals surface area contributed by atoms with Crippen molar-refractivity contribution in [3.05, 3.63) is 71.5 Å². The summed E-state index contributed by atoms with van der Waals surface area (Å²) in [5.41, 5.74) is 1.10. The number of nitrogens with one attached hydrogen (secondary N) is 2. The second-order valence-corrected chi connectivity index (χ2v) is 5.82. The average Bonchev–Trinajstić information content (AvgIpc) is 2.66. The molecule has 0 saturated carbocycles. The Balaban J connectivity index is 1.69. The first-order chi connectivity index (χ1) is 12.6. The first-order valence-electron chi connectivity index (χ1n) is 8.71. The molecule has 2 aromatic carbocycles. The minimum atomic E-state index is -0.544. The second-order valence-electron chi connectivity index (χ2n) is 5.82. The molecule has 0 aliphatic heterocycles. The Bertz CT molecular complexity index is 722. The summed E-state index contributed by atoms with van der Waals surface area (Å²) in [4.78, 5) is 25.8. The number of carbonyl (C=O) groups is 2. The van der Waals surface area contributed by atoms with E-state index < -0.39 is 11.7 Å². The highest BCUT2D eigenvalue weighted by Crippen LogP contribution is 2.06. The van der Waals surface area contributed by atoms with Crippen molar-refractivity contribution < 1.29 is 14.0 Å². The molecule has 3 amide bonds. The van der Waals surface area contributed by atoms with Gasteiger partial charge in [0.1, 0.15) is 5.82 Å². The summed E-state index contributed by atoms with van der Waals surface area (Å²) in [5.74, 6) is -0.994. The lowest BCUT2D eigenvalue weighted by Crippen LogP contribution is -2.40. The van der Waals surface area contributed by atoms with Crippen LogP contribution in [0.3, 0.4) is 0 Å². The molecule has 0 aliphatic rings. The predicted molar refractivity (Wildman–Crippen MR) is 99.3 cm³/mol. The van der Waals surface area contributed by atoms with Gasteiger partial charge >= 0.3 is 6.03 Å². The summed E-state index contributed by atoms with van der Waals surface area (Å²) < 4.78 is 13.5. The van der Waals surface area contributed by atoms with Crippen LogP contribution in [0.4, 0.5) is 9.18 Å². The maximum absolute atomic E-state index is 13.5. The Morgan fingerprint density at radius 2 is 1.62 bits per heavy atom. The van der Waals surface area contributed by atoms with Gasteiger partial charge in [0, 0.05) is 26.2 Å². The smallest absolute Gasteiger partial charge is 0.317 e. The van der Waals surface area contributed by atoms with Crippen LogP contribution in [0.25, 0.3) is 0 Å². The van der Waals surface area contributed by atoms with Gasteiger partial charge in [0.25, 0.3) is 5.91 Å². The molecule has 0 aromatic heterocycles. The van der Waals surface area contributed by atoms with Crippen molar-refractivity contribution in [1.82, 2.24) is 15.5 Å². The van der Waals surface area contributed by atoms with Crippen LogP contribution < -0.4 is 10.6 Å². The maximum atomic E-state index is 13.5. The van der Waals surface area contributed by atoms with E-state index in [1.54, 1.807) is 11.0 Å². The third kappa shape index (κ3) is 5.88. The molecule has 6 heteroatoms. The molecule has 0 atom stereocenters. The summed E-state index contributed by atoms with van der Waals surface area (Å²) >= 11 is 0. The third-order valence-electron chi connectivity index (χ3n) is 3.92. The van der Waals surface area contributed by atoms with E-state index >= 15 is 0 Å². The molecule has 0 radical (unpaired) electrons. The molecule has 0 bridgehead atoms. The first-order valence-corrected chi connectivity index (χ1v) is 8.71. The molecule has 0 aliphatic carbocycles. The zero-order chi connectivity index (χ0) is 18.8.